The van der Waals surface area contributed by atoms with Crippen LogP contribution >= 0.6 is 23.6 Å². The monoisotopic (exact) mass is 268 g/mol. The number of H-pyrrole nitrogens is 1. The molecule has 1 aromatic heterocycles. The number of nitrogens with zero attached hydrogens (tertiary/aromatic N) is 1. The second-order valence-electron chi connectivity index (χ2n) is 3.21. The molecular formula is C10H8N2O3S2. The van der Waals surface area contributed by atoms with Crippen LogP contribution in [0.2, 0.25) is 0 Å². The van der Waals surface area contributed by atoms with Crippen molar-refractivity contribution in [3.63, 3.8) is 0 Å². The lowest BCUT2D eigenvalue weighted by Gasteiger charge is -2.03. The maximum atomic E-state index is 10.9. The second kappa shape index (κ2) is 4.64. The van der Waals surface area contributed by atoms with Crippen molar-refractivity contribution in [2.75, 3.05) is 7.11 Å². The van der Waals surface area contributed by atoms with Crippen LogP contribution in [0.5, 0.6) is 5.75 Å². The number of nitrogens with one attached hydrogen (secondary N) is 1. The number of rotatable bonds is 3. The molecule has 0 bridgehead atoms. The first-order valence-corrected chi connectivity index (χ1v) is 5.91. The molecule has 0 radical (unpaired) electrons. The topological polar surface area (TPSA) is 68.2 Å². The summed E-state index contributed by atoms with van der Waals surface area (Å²) in [5.74, 6) is 0.243. The van der Waals surface area contributed by atoms with E-state index in [9.17, 15) is 10.1 Å². The third kappa shape index (κ3) is 2.34. The van der Waals surface area contributed by atoms with Crippen LogP contribution in [0.1, 0.15) is 0 Å². The Balaban J connectivity index is 2.54. The lowest BCUT2D eigenvalue weighted by atomic mass is 10.1. The maximum Gasteiger partial charge on any atom is 0.311 e. The highest BCUT2D eigenvalue weighted by Gasteiger charge is 2.16. The van der Waals surface area contributed by atoms with E-state index in [-0.39, 0.29) is 11.4 Å². The van der Waals surface area contributed by atoms with E-state index in [1.54, 1.807) is 12.1 Å². The van der Waals surface area contributed by atoms with Crippen LogP contribution in [0, 0.1) is 14.1 Å². The molecule has 88 valence electrons. The number of aromatic amines is 1. The third-order valence-electron chi connectivity index (χ3n) is 2.21. The highest BCUT2D eigenvalue weighted by Crippen LogP contribution is 2.31. The highest BCUT2D eigenvalue weighted by atomic mass is 32.1. The van der Waals surface area contributed by atoms with Crippen molar-refractivity contribution < 1.29 is 9.66 Å². The molecule has 0 spiro atoms. The molecule has 0 aliphatic carbocycles. The molecule has 0 aliphatic rings. The van der Waals surface area contributed by atoms with Crippen LogP contribution in [-0.4, -0.2) is 17.0 Å². The Morgan fingerprint density at radius 3 is 2.82 bits per heavy atom. The Morgan fingerprint density at radius 1 is 1.53 bits per heavy atom. The van der Waals surface area contributed by atoms with Gasteiger partial charge in [0.05, 0.1) is 17.7 Å². The summed E-state index contributed by atoms with van der Waals surface area (Å²) in [6.45, 7) is 0. The minimum atomic E-state index is -0.469. The van der Waals surface area contributed by atoms with E-state index < -0.39 is 4.92 Å². The largest absolute Gasteiger partial charge is 0.490 e. The molecule has 0 saturated heterocycles. The van der Waals surface area contributed by atoms with Crippen LogP contribution in [0.3, 0.4) is 0 Å². The summed E-state index contributed by atoms with van der Waals surface area (Å²) in [7, 11) is 1.40. The average molecular weight is 268 g/mol. The van der Waals surface area contributed by atoms with Gasteiger partial charge < -0.3 is 9.72 Å². The number of benzene rings is 1. The van der Waals surface area contributed by atoms with Gasteiger partial charge in [0.2, 0.25) is 0 Å². The molecule has 2 aromatic rings. The normalized spacial score (nSPS) is 10.2. The number of hydrogen-bond donors (Lipinski definition) is 1. The Morgan fingerprint density at radius 2 is 2.29 bits per heavy atom. The minimum absolute atomic E-state index is 0.0597. The fraction of sp³-hybridized carbons (Fsp3) is 0.100. The van der Waals surface area contributed by atoms with Crippen molar-refractivity contribution in [1.29, 1.82) is 0 Å². The summed E-state index contributed by atoms with van der Waals surface area (Å²) in [6, 6.07) is 4.79. The van der Waals surface area contributed by atoms with E-state index >= 15 is 0 Å². The minimum Gasteiger partial charge on any atom is -0.490 e. The third-order valence-corrected chi connectivity index (χ3v) is 3.27. The van der Waals surface area contributed by atoms with E-state index in [1.807, 2.05) is 5.38 Å². The molecule has 1 heterocycles. The summed E-state index contributed by atoms with van der Waals surface area (Å²) in [5.41, 5.74) is 1.42. The number of ether oxygens (including phenoxy) is 1. The van der Waals surface area contributed by atoms with Crippen molar-refractivity contribution in [3.05, 3.63) is 37.6 Å². The molecule has 0 unspecified atom stereocenters. The number of thiazole rings is 1. The molecule has 0 aliphatic heterocycles. The van der Waals surface area contributed by atoms with E-state index in [0.29, 0.717) is 9.52 Å². The molecule has 0 atom stereocenters. The van der Waals surface area contributed by atoms with Crippen LogP contribution in [0.15, 0.2) is 23.6 Å². The number of methoxy groups -OCH3 is 1. The highest BCUT2D eigenvalue weighted by molar-refractivity contribution is 7.73. The van der Waals surface area contributed by atoms with Gasteiger partial charge in [-0.15, -0.1) is 11.3 Å². The number of nitro benzene ring substituents is 1. The molecular weight excluding hydrogens is 260 g/mol. The average Bonchev–Trinajstić information content (AvgIpc) is 2.75. The van der Waals surface area contributed by atoms with Crippen LogP contribution in [-0.2, 0) is 0 Å². The Bertz CT molecular complexity index is 618. The quantitative estimate of drug-likeness (QED) is 0.526. The predicted octanol–water partition coefficient (Wildman–Crippen LogP) is 3.39. The number of nitro groups is 1. The van der Waals surface area contributed by atoms with Gasteiger partial charge in [-0.05, 0) is 24.4 Å². The fourth-order valence-electron chi connectivity index (χ4n) is 1.42. The molecule has 0 saturated carbocycles. The zero-order valence-electron chi connectivity index (χ0n) is 8.80. The summed E-state index contributed by atoms with van der Waals surface area (Å²) >= 11 is 6.35. The van der Waals surface area contributed by atoms with Crippen molar-refractivity contribution in [3.8, 4) is 17.0 Å². The smallest absolute Gasteiger partial charge is 0.311 e. The van der Waals surface area contributed by atoms with E-state index in [2.05, 4.69) is 4.98 Å². The van der Waals surface area contributed by atoms with Gasteiger partial charge >= 0.3 is 5.69 Å². The summed E-state index contributed by atoms with van der Waals surface area (Å²) < 4.78 is 5.57. The number of hydrogen-bond acceptors (Lipinski definition) is 5. The Kier molecular flexibility index (Phi) is 3.21. The van der Waals surface area contributed by atoms with Crippen molar-refractivity contribution >= 4 is 29.2 Å². The van der Waals surface area contributed by atoms with E-state index in [1.165, 1.54) is 24.5 Å². The second-order valence-corrected chi connectivity index (χ2v) is 4.75. The molecule has 0 amide bonds. The SMILES string of the molecule is COc1ccc(-c2csc(=S)[nH]2)cc1[N+](=O)[O-]. The van der Waals surface area contributed by atoms with E-state index in [0.717, 1.165) is 5.69 Å². The van der Waals surface area contributed by atoms with Gasteiger partial charge in [0, 0.05) is 17.0 Å². The van der Waals surface area contributed by atoms with E-state index in [4.69, 9.17) is 17.0 Å². The molecule has 17 heavy (non-hydrogen) atoms. The summed E-state index contributed by atoms with van der Waals surface area (Å²) in [5, 5.41) is 12.7. The summed E-state index contributed by atoms with van der Waals surface area (Å²) in [6.07, 6.45) is 0. The van der Waals surface area contributed by atoms with Gasteiger partial charge in [-0.1, -0.05) is 0 Å². The van der Waals surface area contributed by atoms with Crippen molar-refractivity contribution in [2.45, 2.75) is 0 Å². The van der Waals surface area contributed by atoms with Gasteiger partial charge in [-0.2, -0.15) is 0 Å². The first kappa shape index (κ1) is 11.7. The zero-order valence-corrected chi connectivity index (χ0v) is 10.4. The molecule has 0 fully saturated rings. The molecule has 2 rings (SSSR count). The standard InChI is InChI=1S/C10H8N2O3S2/c1-15-9-3-2-6(4-8(9)12(13)14)7-5-17-10(16)11-7/h2-5H,1H3,(H,11,16). The number of aromatic nitrogens is 1. The lowest BCUT2D eigenvalue weighted by Crippen LogP contribution is -1.94. The van der Waals surface area contributed by atoms with Gasteiger partial charge in [-0.3, -0.25) is 10.1 Å². The molecule has 1 N–H and O–H groups in total. The van der Waals surface area contributed by atoms with Crippen LogP contribution < -0.4 is 4.74 Å². The molecule has 5 nitrogen and oxygen atoms in total. The first-order valence-electron chi connectivity index (χ1n) is 4.62. The van der Waals surface area contributed by atoms with Crippen molar-refractivity contribution in [2.24, 2.45) is 0 Å². The lowest BCUT2D eigenvalue weighted by molar-refractivity contribution is -0.385. The predicted molar refractivity (Wildman–Crippen MR) is 68.1 cm³/mol. The Labute approximate surface area is 106 Å². The van der Waals surface area contributed by atoms with Gasteiger partial charge in [0.25, 0.3) is 0 Å². The fourth-order valence-corrected chi connectivity index (χ4v) is 2.26. The Hall–Kier alpha value is -1.73. The van der Waals surface area contributed by atoms with Crippen LogP contribution in [0.25, 0.3) is 11.3 Å². The van der Waals surface area contributed by atoms with Gasteiger partial charge in [0.15, 0.2) is 9.70 Å². The van der Waals surface area contributed by atoms with Gasteiger partial charge in [0.1, 0.15) is 0 Å². The first-order chi connectivity index (χ1) is 8.11. The molecule has 1 aromatic carbocycles. The zero-order chi connectivity index (χ0) is 12.4. The van der Waals surface area contributed by atoms with Crippen LogP contribution in [0.4, 0.5) is 5.69 Å². The van der Waals surface area contributed by atoms with Gasteiger partial charge in [-0.25, -0.2) is 0 Å². The molecule has 7 heteroatoms. The maximum absolute atomic E-state index is 10.9. The van der Waals surface area contributed by atoms with Crippen molar-refractivity contribution in [1.82, 2.24) is 4.98 Å². The summed E-state index contributed by atoms with van der Waals surface area (Å²) in [4.78, 5) is 13.4.